The van der Waals surface area contributed by atoms with Gasteiger partial charge in [-0.2, -0.15) is 33.7 Å². The van der Waals surface area contributed by atoms with Gasteiger partial charge in [0.05, 0.1) is 50.5 Å². The lowest BCUT2D eigenvalue weighted by Gasteiger charge is -2.37. The fraction of sp³-hybridized carbons (Fsp3) is 0.688. The van der Waals surface area contributed by atoms with Gasteiger partial charge in [0.25, 0.3) is 46.9 Å². The predicted molar refractivity (Wildman–Crippen MR) is 343 cm³/mol. The summed E-state index contributed by atoms with van der Waals surface area (Å²) in [6.45, 7) is 17.1. The van der Waals surface area contributed by atoms with E-state index in [-0.39, 0.29) is 86.4 Å². The monoisotopic (exact) mass is 1580 g/mol. The van der Waals surface area contributed by atoms with Gasteiger partial charge in [0.1, 0.15) is 60.7 Å². The first-order valence-corrected chi connectivity index (χ1v) is 38.6. The molecular formula is C64H80O38S4. The molecular weight excluding hydrogens is 1500 g/mol. The third-order valence-corrected chi connectivity index (χ3v) is 29.1. The van der Waals surface area contributed by atoms with Crippen molar-refractivity contribution in [2.45, 2.75) is 155 Å². The van der Waals surface area contributed by atoms with Crippen LogP contribution in [0.5, 0.6) is 0 Å². The Labute approximate surface area is 607 Å². The zero-order valence-corrected chi connectivity index (χ0v) is 61.4. The fourth-order valence-corrected chi connectivity index (χ4v) is 25.8. The molecule has 0 spiro atoms. The molecule has 12 rings (SSSR count). The van der Waals surface area contributed by atoms with Crippen molar-refractivity contribution < 1.29 is 175 Å². The number of aliphatic hydroxyl groups is 2. The van der Waals surface area contributed by atoms with Crippen LogP contribution in [0.15, 0.2) is 48.6 Å². The SMILES string of the molecule is C=C(C)C(=O)OCC(=O)OC1C2CC3C1OS(=O)(=O)C3(C(=O)OC)C2.C=C(C)C(=O)OCC(=O)OC1C2CC3C1OS(=O)(=O)C3C2C(=O)OC.C=C(C)C(=O)OCC(=O)OC1C2OS(=O)(=O)C3CC1(CO)CC23CO.C=C(C)C(=O)OCC(=O)OC1C2OS(=O)(=O)C3CC1(COC(C)=O)CC23CCOC=O. The van der Waals surface area contributed by atoms with Crippen LogP contribution in [-0.4, -0.2) is 252 Å². The lowest BCUT2D eigenvalue weighted by molar-refractivity contribution is -0.175. The van der Waals surface area contributed by atoms with E-state index in [0.29, 0.717) is 12.8 Å². The number of hydrogen-bond acceptors (Lipinski definition) is 38. The molecule has 21 unspecified atom stereocenters. The van der Waals surface area contributed by atoms with Crippen LogP contribution in [0.2, 0.25) is 0 Å². The highest BCUT2D eigenvalue weighted by Crippen LogP contribution is 2.71. The van der Waals surface area contributed by atoms with E-state index >= 15 is 0 Å². The molecule has 4 saturated heterocycles. The highest BCUT2D eigenvalue weighted by Gasteiger charge is 2.82. The highest BCUT2D eigenvalue weighted by molar-refractivity contribution is 7.89. The maximum Gasteiger partial charge on any atom is 0.344 e. The first kappa shape index (κ1) is 82.2. The molecule has 38 nitrogen and oxygen atoms in total. The topological polar surface area (TPSA) is 530 Å². The van der Waals surface area contributed by atoms with E-state index in [1.54, 1.807) is 0 Å². The quantitative estimate of drug-likeness (QED) is 0.0240. The van der Waals surface area contributed by atoms with Crippen LogP contribution in [0.3, 0.4) is 0 Å². The Bertz CT molecular complexity index is 4180. The summed E-state index contributed by atoms with van der Waals surface area (Å²) in [6, 6.07) is 0. The van der Waals surface area contributed by atoms with Crippen LogP contribution in [0, 0.1) is 51.2 Å². The molecule has 2 N–H and O–H groups in total. The average molecular weight is 1590 g/mol. The number of esters is 11. The zero-order valence-electron chi connectivity index (χ0n) is 58.2. The molecule has 4 aliphatic heterocycles. The van der Waals surface area contributed by atoms with Crippen molar-refractivity contribution in [3.05, 3.63) is 48.6 Å². The van der Waals surface area contributed by atoms with Crippen molar-refractivity contribution in [3.8, 4) is 0 Å². The molecule has 12 aliphatic rings. The molecule has 4 heterocycles. The Morgan fingerprint density at radius 3 is 1.44 bits per heavy atom. The second-order valence-electron chi connectivity index (χ2n) is 28.3. The molecule has 8 saturated carbocycles. The second-order valence-corrected chi connectivity index (χ2v) is 35.3. The minimum atomic E-state index is -4.17. The van der Waals surface area contributed by atoms with E-state index in [9.17, 15) is 101 Å². The molecule has 8 bridgehead atoms. The minimum absolute atomic E-state index is 0.0212. The first-order chi connectivity index (χ1) is 49.4. The lowest BCUT2D eigenvalue weighted by Crippen LogP contribution is -2.50. The first-order valence-electron chi connectivity index (χ1n) is 32.7. The summed E-state index contributed by atoms with van der Waals surface area (Å²) in [4.78, 5) is 140. The molecule has 21 atom stereocenters. The van der Waals surface area contributed by atoms with Gasteiger partial charge in [-0.25, -0.2) is 38.4 Å². The van der Waals surface area contributed by atoms with Gasteiger partial charge in [-0.1, -0.05) is 26.3 Å². The maximum absolute atomic E-state index is 12.7. The molecule has 0 aromatic carbocycles. The molecule has 106 heavy (non-hydrogen) atoms. The van der Waals surface area contributed by atoms with Crippen molar-refractivity contribution in [1.82, 2.24) is 0 Å². The Morgan fingerprint density at radius 2 is 0.981 bits per heavy atom. The van der Waals surface area contributed by atoms with E-state index < -0.39 is 260 Å². The van der Waals surface area contributed by atoms with Crippen LogP contribution < -0.4 is 0 Å². The van der Waals surface area contributed by atoms with Crippen molar-refractivity contribution in [1.29, 1.82) is 0 Å². The number of aliphatic hydroxyl groups excluding tert-OH is 2. The normalized spacial score (nSPS) is 36.7. The highest BCUT2D eigenvalue weighted by atomic mass is 32.2. The fourth-order valence-electron chi connectivity index (χ4n) is 17.4. The largest absolute Gasteiger partial charge is 0.469 e. The van der Waals surface area contributed by atoms with E-state index in [0.717, 1.165) is 7.11 Å². The number of fused-ring (bicyclic) bond motifs is 4. The Morgan fingerprint density at radius 1 is 0.519 bits per heavy atom. The van der Waals surface area contributed by atoms with E-state index in [1.165, 1.54) is 41.7 Å². The van der Waals surface area contributed by atoms with Crippen LogP contribution in [0.25, 0.3) is 0 Å². The molecule has 0 aromatic rings. The van der Waals surface area contributed by atoms with Crippen molar-refractivity contribution in [3.63, 3.8) is 0 Å². The van der Waals surface area contributed by atoms with Gasteiger partial charge in [-0.3, -0.25) is 35.9 Å². The van der Waals surface area contributed by atoms with Gasteiger partial charge in [0.15, 0.2) is 31.2 Å². The second kappa shape index (κ2) is 30.3. The molecule has 0 radical (unpaired) electrons. The van der Waals surface area contributed by atoms with Gasteiger partial charge in [0, 0.05) is 74.5 Å². The summed E-state index contributed by atoms with van der Waals surface area (Å²) in [5.41, 5.74) is -3.59. The van der Waals surface area contributed by atoms with Gasteiger partial charge in [0.2, 0.25) is 0 Å². The van der Waals surface area contributed by atoms with Crippen LogP contribution >= 0.6 is 0 Å². The molecule has 0 aromatic heterocycles. The number of carbonyl (C=O) groups is 12. The Hall–Kier alpha value is -7.84. The summed E-state index contributed by atoms with van der Waals surface area (Å²) in [5, 5.41) is 16.8. The molecule has 42 heteroatoms. The molecule has 8 aliphatic carbocycles. The van der Waals surface area contributed by atoms with E-state index in [2.05, 4.69) is 31.1 Å². The van der Waals surface area contributed by atoms with Crippen molar-refractivity contribution in [2.24, 2.45) is 51.2 Å². The Balaban J connectivity index is 0.000000164. The van der Waals surface area contributed by atoms with Gasteiger partial charge >= 0.3 is 65.7 Å². The number of carbonyl (C=O) groups excluding carboxylic acids is 12. The molecule has 588 valence electrons. The third-order valence-electron chi connectivity index (χ3n) is 21.7. The summed E-state index contributed by atoms with van der Waals surface area (Å²) in [7, 11) is -13.7. The van der Waals surface area contributed by atoms with Gasteiger partial charge in [-0.15, -0.1) is 0 Å². The summed E-state index contributed by atoms with van der Waals surface area (Å²) in [6.07, 6.45) is -6.28. The van der Waals surface area contributed by atoms with Crippen LogP contribution in [-0.2, 0) is 172 Å². The van der Waals surface area contributed by atoms with Crippen LogP contribution in [0.4, 0.5) is 0 Å². The lowest BCUT2D eigenvalue weighted by atomic mass is 9.76. The van der Waals surface area contributed by atoms with Crippen molar-refractivity contribution in [2.75, 3.05) is 67.1 Å². The Kier molecular flexibility index (Phi) is 23.5. The number of rotatable bonds is 26. The molecule has 0 amide bonds. The number of methoxy groups -OCH3 is 2. The maximum atomic E-state index is 12.7. The summed E-state index contributed by atoms with van der Waals surface area (Å²) in [5.74, 6) is -11.4. The number of hydrogen-bond donors (Lipinski definition) is 2. The smallest absolute Gasteiger partial charge is 0.344 e. The van der Waals surface area contributed by atoms with Gasteiger partial charge in [-0.05, 0) is 79.1 Å². The number of ether oxygens (including phenoxy) is 12. The minimum Gasteiger partial charge on any atom is -0.469 e. The summed E-state index contributed by atoms with van der Waals surface area (Å²) >= 11 is 0. The van der Waals surface area contributed by atoms with Crippen LogP contribution in [0.1, 0.15) is 86.0 Å². The average Bonchev–Trinajstić information content (AvgIpc) is 1.52. The molecule has 12 fully saturated rings. The standard InChI is InChI=1S/C19H24O11S.C15H20O9S.2C15H18O9S/c1-11(2)17(23)27-7-14(22)29-15-16-19(4-5-26-10-20)8-18(15,9-28-12(3)21)6-13(19)31(24,25)30-16;1-8(2)13(19)22-4-10(18)23-11-12-15(7-17)5-14(11,6-16)3-9(15)25(20,21)24-12;1-7(2)13(17)22-6-10(16)23-11-8-4-9-12(11)24-25(19,20)15(9,5-8)14(18)21-3;1-6(2)14(17)22-5-9(16)23-11-7-4-8-12(11)24-25(19,20)13(8)10(7)15(18)21-3/h10,13,15-16H,1,4-9H2,2-3H3;9,11-12,16-17H,1,3-7H2,2H3;8-9,11-12H,1,4-6H2,2-3H3;7-8,10-13H,1,4-5H2,2-3H3. The van der Waals surface area contributed by atoms with Gasteiger partial charge < -0.3 is 67.1 Å². The van der Waals surface area contributed by atoms with E-state index in [1.807, 2.05) is 0 Å². The predicted octanol–water partition coefficient (Wildman–Crippen LogP) is -1.85. The van der Waals surface area contributed by atoms with E-state index in [4.69, 9.17) is 68.8 Å². The third kappa shape index (κ3) is 14.6. The zero-order chi connectivity index (χ0) is 78.7. The summed E-state index contributed by atoms with van der Waals surface area (Å²) < 4.78 is 177. The van der Waals surface area contributed by atoms with Crippen molar-refractivity contribution >= 4 is 113 Å².